The molecule has 1 saturated heterocycles. The van der Waals surface area contributed by atoms with Gasteiger partial charge in [0.1, 0.15) is 6.61 Å². The number of alkyl halides is 3. The van der Waals surface area contributed by atoms with Crippen LogP contribution in [-0.4, -0.2) is 56.5 Å². The van der Waals surface area contributed by atoms with E-state index in [-0.39, 0.29) is 6.61 Å². The number of nitrogens with one attached hydrogen (secondary N) is 1. The van der Waals surface area contributed by atoms with E-state index in [1.807, 2.05) is 0 Å². The summed E-state index contributed by atoms with van der Waals surface area (Å²) < 4.78 is 40.3. The average molecular weight is 282 g/mol. The Hall–Kier alpha value is -0.330. The molecule has 114 valence electrons. The molecule has 0 bridgehead atoms. The standard InChI is InChI=1S/C13H25F3N2O/c1-2-7-18(10-12-5-3-6-17-12)8-4-9-19-11-13(14,15)16/h12,17H,2-11H2,1H3. The first kappa shape index (κ1) is 16.7. The zero-order valence-corrected chi connectivity index (χ0v) is 11.6. The monoisotopic (exact) mass is 282 g/mol. The highest BCUT2D eigenvalue weighted by Crippen LogP contribution is 2.14. The van der Waals surface area contributed by atoms with E-state index in [9.17, 15) is 13.2 Å². The molecule has 6 heteroatoms. The zero-order valence-electron chi connectivity index (χ0n) is 11.6. The Kier molecular flexibility index (Phi) is 7.71. The van der Waals surface area contributed by atoms with E-state index >= 15 is 0 Å². The second kappa shape index (κ2) is 8.76. The number of nitrogens with zero attached hydrogens (tertiary/aromatic N) is 1. The Morgan fingerprint density at radius 3 is 2.68 bits per heavy atom. The van der Waals surface area contributed by atoms with Crippen LogP contribution < -0.4 is 5.32 Å². The fourth-order valence-corrected chi connectivity index (χ4v) is 2.41. The summed E-state index contributed by atoms with van der Waals surface area (Å²) >= 11 is 0. The van der Waals surface area contributed by atoms with E-state index < -0.39 is 12.8 Å². The van der Waals surface area contributed by atoms with Crippen LogP contribution in [0.1, 0.15) is 32.6 Å². The second-order valence-corrected chi connectivity index (χ2v) is 5.12. The fourth-order valence-electron chi connectivity index (χ4n) is 2.41. The van der Waals surface area contributed by atoms with Crippen LogP contribution in [0.2, 0.25) is 0 Å². The normalized spacial score (nSPS) is 20.4. The first-order chi connectivity index (χ1) is 9.01. The maximum Gasteiger partial charge on any atom is 0.411 e. The molecule has 1 rings (SSSR count). The number of ether oxygens (including phenoxy) is 1. The lowest BCUT2D eigenvalue weighted by atomic mass is 10.2. The predicted octanol–water partition coefficient (Wildman–Crippen LogP) is 2.42. The largest absolute Gasteiger partial charge is 0.411 e. The van der Waals surface area contributed by atoms with Crippen molar-refractivity contribution in [1.82, 2.24) is 10.2 Å². The van der Waals surface area contributed by atoms with E-state index in [0.29, 0.717) is 12.5 Å². The highest BCUT2D eigenvalue weighted by Gasteiger charge is 2.27. The molecule has 1 aliphatic heterocycles. The van der Waals surface area contributed by atoms with Crippen LogP contribution in [-0.2, 0) is 4.74 Å². The first-order valence-electron chi connectivity index (χ1n) is 7.11. The molecule has 0 spiro atoms. The lowest BCUT2D eigenvalue weighted by Gasteiger charge is -2.25. The lowest BCUT2D eigenvalue weighted by Crippen LogP contribution is -2.38. The van der Waals surface area contributed by atoms with Crippen LogP contribution in [0.25, 0.3) is 0 Å². The number of rotatable bonds is 9. The van der Waals surface area contributed by atoms with Crippen LogP contribution in [0.15, 0.2) is 0 Å². The summed E-state index contributed by atoms with van der Waals surface area (Å²) in [7, 11) is 0. The van der Waals surface area contributed by atoms with E-state index in [0.717, 1.165) is 32.6 Å². The first-order valence-corrected chi connectivity index (χ1v) is 7.11. The fraction of sp³-hybridized carbons (Fsp3) is 1.00. The van der Waals surface area contributed by atoms with Gasteiger partial charge in [-0.15, -0.1) is 0 Å². The van der Waals surface area contributed by atoms with Gasteiger partial charge in [0.2, 0.25) is 0 Å². The van der Waals surface area contributed by atoms with Gasteiger partial charge in [-0.3, -0.25) is 0 Å². The second-order valence-electron chi connectivity index (χ2n) is 5.12. The SMILES string of the molecule is CCCN(CCCOCC(F)(F)F)CC1CCCN1. The summed E-state index contributed by atoms with van der Waals surface area (Å²) in [5.41, 5.74) is 0. The van der Waals surface area contributed by atoms with E-state index in [2.05, 4.69) is 21.9 Å². The molecule has 0 saturated carbocycles. The van der Waals surface area contributed by atoms with Gasteiger partial charge in [-0.2, -0.15) is 13.2 Å². The van der Waals surface area contributed by atoms with Gasteiger partial charge in [-0.25, -0.2) is 0 Å². The van der Waals surface area contributed by atoms with Crippen molar-refractivity contribution in [2.75, 3.05) is 39.4 Å². The molecule has 0 aromatic heterocycles. The van der Waals surface area contributed by atoms with Crippen molar-refractivity contribution in [3.63, 3.8) is 0 Å². The van der Waals surface area contributed by atoms with E-state index in [1.54, 1.807) is 0 Å². The molecular weight excluding hydrogens is 257 g/mol. The molecule has 3 nitrogen and oxygen atoms in total. The van der Waals surface area contributed by atoms with Crippen LogP contribution in [0, 0.1) is 0 Å². The molecule has 1 unspecified atom stereocenters. The smallest absolute Gasteiger partial charge is 0.372 e. The van der Waals surface area contributed by atoms with Gasteiger partial charge >= 0.3 is 6.18 Å². The van der Waals surface area contributed by atoms with Gasteiger partial charge in [0.05, 0.1) is 0 Å². The van der Waals surface area contributed by atoms with Crippen molar-refractivity contribution in [3.05, 3.63) is 0 Å². The number of hydrogen-bond donors (Lipinski definition) is 1. The van der Waals surface area contributed by atoms with Crippen molar-refractivity contribution in [2.45, 2.75) is 44.8 Å². The molecule has 0 radical (unpaired) electrons. The Bertz CT molecular complexity index is 230. The summed E-state index contributed by atoms with van der Waals surface area (Å²) in [4.78, 5) is 2.32. The van der Waals surface area contributed by atoms with E-state index in [1.165, 1.54) is 12.8 Å². The molecular formula is C13H25F3N2O. The quantitative estimate of drug-likeness (QED) is 0.657. The zero-order chi connectivity index (χ0) is 14.1. The molecule has 0 aromatic rings. The molecule has 19 heavy (non-hydrogen) atoms. The van der Waals surface area contributed by atoms with Crippen LogP contribution >= 0.6 is 0 Å². The Morgan fingerprint density at radius 2 is 2.11 bits per heavy atom. The maximum absolute atomic E-state index is 11.9. The highest BCUT2D eigenvalue weighted by molar-refractivity contribution is 4.77. The third-order valence-electron chi connectivity index (χ3n) is 3.21. The number of hydrogen-bond acceptors (Lipinski definition) is 3. The lowest BCUT2D eigenvalue weighted by molar-refractivity contribution is -0.174. The summed E-state index contributed by atoms with van der Waals surface area (Å²) in [6, 6.07) is 0.544. The summed E-state index contributed by atoms with van der Waals surface area (Å²) in [6.07, 6.45) is -0.0695. The number of halogens is 3. The van der Waals surface area contributed by atoms with Crippen molar-refractivity contribution < 1.29 is 17.9 Å². The topological polar surface area (TPSA) is 24.5 Å². The van der Waals surface area contributed by atoms with Gasteiger partial charge < -0.3 is 15.0 Å². The maximum atomic E-state index is 11.9. The molecule has 0 aliphatic carbocycles. The van der Waals surface area contributed by atoms with Crippen LogP contribution in [0.3, 0.4) is 0 Å². The summed E-state index contributed by atoms with van der Waals surface area (Å²) in [5.74, 6) is 0. The Balaban J connectivity index is 2.11. The van der Waals surface area contributed by atoms with Gasteiger partial charge in [0, 0.05) is 25.7 Å². The molecule has 0 aromatic carbocycles. The van der Waals surface area contributed by atoms with E-state index in [4.69, 9.17) is 0 Å². The van der Waals surface area contributed by atoms with Gasteiger partial charge in [-0.05, 0) is 38.8 Å². The highest BCUT2D eigenvalue weighted by atomic mass is 19.4. The molecule has 1 aliphatic rings. The minimum atomic E-state index is -4.21. The van der Waals surface area contributed by atoms with Gasteiger partial charge in [0.25, 0.3) is 0 Å². The van der Waals surface area contributed by atoms with Gasteiger partial charge in [-0.1, -0.05) is 6.92 Å². The van der Waals surface area contributed by atoms with Crippen molar-refractivity contribution in [1.29, 1.82) is 0 Å². The Labute approximate surface area is 113 Å². The van der Waals surface area contributed by atoms with Crippen LogP contribution in [0.4, 0.5) is 13.2 Å². The van der Waals surface area contributed by atoms with Crippen molar-refractivity contribution in [2.24, 2.45) is 0 Å². The molecule has 0 amide bonds. The molecule has 1 atom stereocenters. The third kappa shape index (κ3) is 8.44. The summed E-state index contributed by atoms with van der Waals surface area (Å²) in [5, 5.41) is 3.45. The minimum absolute atomic E-state index is 0.178. The summed E-state index contributed by atoms with van der Waals surface area (Å²) in [6.45, 7) is 5.05. The average Bonchev–Trinajstić information content (AvgIpc) is 2.80. The molecule has 1 heterocycles. The van der Waals surface area contributed by atoms with Crippen LogP contribution in [0.5, 0.6) is 0 Å². The minimum Gasteiger partial charge on any atom is -0.372 e. The molecule has 1 N–H and O–H groups in total. The van der Waals surface area contributed by atoms with Crippen molar-refractivity contribution in [3.8, 4) is 0 Å². The predicted molar refractivity (Wildman–Crippen MR) is 69.2 cm³/mol. The van der Waals surface area contributed by atoms with Gasteiger partial charge in [0.15, 0.2) is 0 Å². The molecule has 1 fully saturated rings. The Morgan fingerprint density at radius 1 is 1.32 bits per heavy atom. The third-order valence-corrected chi connectivity index (χ3v) is 3.21. The van der Waals surface area contributed by atoms with Crippen molar-refractivity contribution >= 4 is 0 Å².